The van der Waals surface area contributed by atoms with Gasteiger partial charge in [-0.2, -0.15) is 0 Å². The van der Waals surface area contributed by atoms with E-state index >= 15 is 0 Å². The highest BCUT2D eigenvalue weighted by Crippen LogP contribution is 2.53. The second-order valence-electron chi connectivity index (χ2n) is 15.4. The van der Waals surface area contributed by atoms with E-state index in [2.05, 4.69) is 168 Å². The fourth-order valence-corrected chi connectivity index (χ4v) is 10.8. The maximum Gasteiger partial charge on any atom is 0.169 e. The number of nitrogens with one attached hydrogen (secondary N) is 1. The van der Waals surface area contributed by atoms with Crippen LogP contribution in [0.4, 0.5) is 0 Å². The lowest BCUT2D eigenvalue weighted by Gasteiger charge is -2.28. The van der Waals surface area contributed by atoms with Gasteiger partial charge in [-0.15, -0.1) is 11.8 Å². The minimum Gasteiger partial charge on any atom is -0.325 e. The standard InChI is InChI=1S/C51H42N4S/c1-4-15-33(16-5-1)43-31-37(51-53-49(34-17-6-2-7-18-34)52-50(54-51)35-19-8-3-9-20-35)28-30-45(43)55-44-25-12-10-21-39(44)40-29-27-36(32-46(40)55)38-23-14-24-42-41-22-11-13-26-47(41)56-48(38)42/h1-2,4-8,10-11,13-24,26-27,29,31-32,38,48,50H,3,9,12,25,28,30H2,(H,52,53,54). The highest BCUT2D eigenvalue weighted by molar-refractivity contribution is 8.01. The van der Waals surface area contributed by atoms with Gasteiger partial charge in [0, 0.05) is 49.5 Å². The quantitative estimate of drug-likeness (QED) is 0.188. The number of hydrogen-bond donors (Lipinski definition) is 1. The Hall–Kier alpha value is -5.91. The van der Waals surface area contributed by atoms with E-state index in [1.54, 1.807) is 0 Å². The van der Waals surface area contributed by atoms with Gasteiger partial charge < -0.3 is 9.88 Å². The molecule has 272 valence electrons. The van der Waals surface area contributed by atoms with Crippen LogP contribution in [-0.4, -0.2) is 27.7 Å². The van der Waals surface area contributed by atoms with Crippen LogP contribution in [0.25, 0.3) is 33.8 Å². The molecule has 11 rings (SSSR count). The number of nitrogens with zero attached hydrogens (tertiary/aromatic N) is 3. The summed E-state index contributed by atoms with van der Waals surface area (Å²) in [5.74, 6) is 2.09. The molecule has 0 spiro atoms. The number of aliphatic imine (C=N–C) groups is 2. The molecule has 56 heavy (non-hydrogen) atoms. The molecule has 0 saturated heterocycles. The van der Waals surface area contributed by atoms with Crippen LogP contribution in [-0.2, 0) is 6.42 Å². The second kappa shape index (κ2) is 14.0. The van der Waals surface area contributed by atoms with Gasteiger partial charge in [0.1, 0.15) is 11.7 Å². The monoisotopic (exact) mass is 742 g/mol. The van der Waals surface area contributed by atoms with Crippen LogP contribution in [0.15, 0.2) is 178 Å². The van der Waals surface area contributed by atoms with Crippen molar-refractivity contribution in [1.82, 2.24) is 9.88 Å². The molecule has 0 fully saturated rings. The lowest BCUT2D eigenvalue weighted by Crippen LogP contribution is -2.39. The highest BCUT2D eigenvalue weighted by Gasteiger charge is 2.35. The van der Waals surface area contributed by atoms with Gasteiger partial charge in [-0.3, -0.25) is 0 Å². The largest absolute Gasteiger partial charge is 0.325 e. The first kappa shape index (κ1) is 33.4. The number of allylic oxidation sites excluding steroid dienone is 9. The molecule has 4 nitrogen and oxygen atoms in total. The summed E-state index contributed by atoms with van der Waals surface area (Å²) in [6, 6.07) is 37.7. The summed E-state index contributed by atoms with van der Waals surface area (Å²) in [5, 5.41) is 5.42. The fraction of sp³-hybridized carbons (Fsp3) is 0.176. The van der Waals surface area contributed by atoms with Gasteiger partial charge in [0.05, 0.1) is 5.52 Å². The third-order valence-electron chi connectivity index (χ3n) is 12.1. The molecule has 6 aliphatic rings. The predicted molar refractivity (Wildman–Crippen MR) is 236 cm³/mol. The molecule has 4 aliphatic carbocycles. The van der Waals surface area contributed by atoms with E-state index in [0.29, 0.717) is 11.2 Å². The molecule has 0 saturated carbocycles. The zero-order valence-electron chi connectivity index (χ0n) is 31.2. The molecule has 5 heteroatoms. The van der Waals surface area contributed by atoms with Gasteiger partial charge in [-0.25, -0.2) is 9.98 Å². The number of fused-ring (bicyclic) bond motifs is 6. The maximum atomic E-state index is 5.32. The Morgan fingerprint density at radius 2 is 1.54 bits per heavy atom. The van der Waals surface area contributed by atoms with Crippen molar-refractivity contribution < 1.29 is 0 Å². The molecule has 0 radical (unpaired) electrons. The van der Waals surface area contributed by atoms with Crippen LogP contribution in [0.2, 0.25) is 0 Å². The molecule has 3 atom stereocenters. The summed E-state index contributed by atoms with van der Waals surface area (Å²) in [7, 11) is 0. The van der Waals surface area contributed by atoms with Crippen molar-refractivity contribution in [2.45, 2.75) is 60.8 Å². The topological polar surface area (TPSA) is 41.7 Å². The van der Waals surface area contributed by atoms with Crippen molar-refractivity contribution in [2.75, 3.05) is 0 Å². The molecule has 0 amide bonds. The van der Waals surface area contributed by atoms with E-state index in [1.807, 2.05) is 11.8 Å². The molecule has 1 aromatic heterocycles. The van der Waals surface area contributed by atoms with Crippen molar-refractivity contribution in [3.63, 3.8) is 0 Å². The summed E-state index contributed by atoms with van der Waals surface area (Å²) in [6.07, 6.45) is 26.6. The van der Waals surface area contributed by atoms with Gasteiger partial charge in [0.15, 0.2) is 6.17 Å². The van der Waals surface area contributed by atoms with Gasteiger partial charge in [-0.05, 0) is 90.1 Å². The number of hydrogen-bond acceptors (Lipinski definition) is 4. The zero-order valence-corrected chi connectivity index (χ0v) is 32.1. The first-order chi connectivity index (χ1) is 27.8. The average molecular weight is 743 g/mol. The Morgan fingerprint density at radius 3 is 2.39 bits per heavy atom. The Bertz CT molecular complexity index is 2700. The molecular formula is C51H42N4S. The molecule has 2 aliphatic heterocycles. The Kier molecular flexibility index (Phi) is 8.35. The molecule has 5 aromatic rings. The molecular weight excluding hydrogens is 701 g/mol. The Balaban J connectivity index is 1.05. The van der Waals surface area contributed by atoms with Crippen molar-refractivity contribution in [3.8, 4) is 0 Å². The van der Waals surface area contributed by atoms with E-state index in [0.717, 1.165) is 55.8 Å². The van der Waals surface area contributed by atoms with Crippen LogP contribution in [0.3, 0.4) is 0 Å². The average Bonchev–Trinajstić information content (AvgIpc) is 3.82. The highest BCUT2D eigenvalue weighted by atomic mass is 32.2. The van der Waals surface area contributed by atoms with Crippen molar-refractivity contribution in [2.24, 2.45) is 9.98 Å². The van der Waals surface area contributed by atoms with E-state index in [-0.39, 0.29) is 6.17 Å². The number of aromatic nitrogens is 1. The van der Waals surface area contributed by atoms with Gasteiger partial charge in [0.2, 0.25) is 0 Å². The van der Waals surface area contributed by atoms with Crippen LogP contribution in [0, 0.1) is 0 Å². The van der Waals surface area contributed by atoms with Crippen molar-refractivity contribution >= 4 is 57.3 Å². The summed E-state index contributed by atoms with van der Waals surface area (Å²) >= 11 is 2.02. The van der Waals surface area contributed by atoms with Gasteiger partial charge in [-0.1, -0.05) is 140 Å². The summed E-state index contributed by atoms with van der Waals surface area (Å²) in [4.78, 5) is 11.9. The van der Waals surface area contributed by atoms with Gasteiger partial charge >= 0.3 is 0 Å². The Morgan fingerprint density at radius 1 is 0.732 bits per heavy atom. The Labute approximate surface area is 332 Å². The number of rotatable bonds is 6. The smallest absolute Gasteiger partial charge is 0.169 e. The lowest BCUT2D eigenvalue weighted by molar-refractivity contribution is 0.792. The van der Waals surface area contributed by atoms with Gasteiger partial charge in [0.25, 0.3) is 0 Å². The first-order valence-corrected chi connectivity index (χ1v) is 21.0. The molecule has 4 aromatic carbocycles. The third kappa shape index (κ3) is 5.76. The van der Waals surface area contributed by atoms with E-state index in [1.165, 1.54) is 71.7 Å². The number of amidine groups is 2. The normalized spacial score (nSPS) is 22.4. The number of thioether (sulfide) groups is 1. The lowest BCUT2D eigenvalue weighted by atomic mass is 9.85. The molecule has 1 N–H and O–H groups in total. The summed E-state index contributed by atoms with van der Waals surface area (Å²) in [5.41, 5.74) is 15.6. The minimum atomic E-state index is -0.273. The maximum absolute atomic E-state index is 5.32. The second-order valence-corrected chi connectivity index (χ2v) is 16.6. The summed E-state index contributed by atoms with van der Waals surface area (Å²) in [6.45, 7) is 0. The van der Waals surface area contributed by atoms with Crippen LogP contribution >= 0.6 is 11.8 Å². The van der Waals surface area contributed by atoms with Crippen molar-refractivity contribution in [3.05, 3.63) is 196 Å². The van der Waals surface area contributed by atoms with Crippen LogP contribution in [0.5, 0.6) is 0 Å². The first-order valence-electron chi connectivity index (χ1n) is 20.1. The fourth-order valence-electron chi connectivity index (χ4n) is 9.37. The number of benzene rings is 4. The SMILES string of the molecule is C1=CC(c2ccc3c4c(n(C5=C(c6ccccc6)C=C(C6=NC(C7=CCCC=C7)N=C(c7ccccc7)N6)CC5)c3c2)CCC=C4)C2Sc3ccccc3C2=C1. The van der Waals surface area contributed by atoms with Crippen molar-refractivity contribution in [1.29, 1.82) is 0 Å². The van der Waals surface area contributed by atoms with E-state index < -0.39 is 0 Å². The van der Waals surface area contributed by atoms with Crippen LogP contribution < -0.4 is 5.32 Å². The zero-order chi connectivity index (χ0) is 37.0. The predicted octanol–water partition coefficient (Wildman–Crippen LogP) is 12.0. The minimum absolute atomic E-state index is 0.273. The third-order valence-corrected chi connectivity index (χ3v) is 13.5. The molecule has 3 unspecified atom stereocenters. The molecule has 0 bridgehead atoms. The van der Waals surface area contributed by atoms with E-state index in [4.69, 9.17) is 9.98 Å². The summed E-state index contributed by atoms with van der Waals surface area (Å²) < 4.78 is 2.65. The van der Waals surface area contributed by atoms with Crippen LogP contribution in [0.1, 0.15) is 71.5 Å². The van der Waals surface area contributed by atoms with E-state index in [9.17, 15) is 0 Å². The molecule has 3 heterocycles.